The Labute approximate surface area is 204 Å². The van der Waals surface area contributed by atoms with Gasteiger partial charge in [-0.1, -0.05) is 0 Å². The van der Waals surface area contributed by atoms with Crippen molar-refractivity contribution < 1.29 is 4.74 Å². The molecule has 0 spiro atoms. The zero-order chi connectivity index (χ0) is 23.5. The van der Waals surface area contributed by atoms with Gasteiger partial charge >= 0.3 is 0 Å². The minimum Gasteiger partial charge on any atom is -0.437 e. The lowest BCUT2D eigenvalue weighted by Crippen LogP contribution is -2.39. The maximum absolute atomic E-state index is 9.25. The number of nitrogens with one attached hydrogen (secondary N) is 1. The van der Waals surface area contributed by atoms with Gasteiger partial charge in [0.1, 0.15) is 5.75 Å². The molecule has 34 heavy (non-hydrogen) atoms. The highest BCUT2D eigenvalue weighted by Crippen LogP contribution is 2.41. The molecule has 8 heteroatoms. The molecular formula is C26H28N6OS. The van der Waals surface area contributed by atoms with Crippen LogP contribution in [-0.2, 0) is 13.0 Å². The van der Waals surface area contributed by atoms with Crippen LogP contribution in [0.25, 0.3) is 0 Å². The second-order valence-corrected chi connectivity index (χ2v) is 10.0. The number of thioether (sulfide) groups is 1. The Bertz CT molecular complexity index is 1190. The molecule has 5 rings (SSSR count). The maximum atomic E-state index is 9.25. The van der Waals surface area contributed by atoms with Gasteiger partial charge in [-0.2, -0.15) is 10.2 Å². The molecule has 174 valence electrons. The predicted molar refractivity (Wildman–Crippen MR) is 133 cm³/mol. The summed E-state index contributed by atoms with van der Waals surface area (Å²) in [5.41, 5.74) is 4.86. The molecule has 3 aromatic rings. The van der Waals surface area contributed by atoms with E-state index < -0.39 is 0 Å². The lowest BCUT2D eigenvalue weighted by Gasteiger charge is -2.32. The fourth-order valence-electron chi connectivity index (χ4n) is 4.61. The van der Waals surface area contributed by atoms with Crippen molar-refractivity contribution in [3.63, 3.8) is 0 Å². The van der Waals surface area contributed by atoms with E-state index in [9.17, 15) is 5.26 Å². The molecule has 0 amide bonds. The van der Waals surface area contributed by atoms with Crippen molar-refractivity contribution in [1.82, 2.24) is 19.9 Å². The molecule has 1 saturated heterocycles. The molecule has 0 bridgehead atoms. The summed E-state index contributed by atoms with van der Waals surface area (Å²) in [7, 11) is 0. The minimum absolute atomic E-state index is 0.340. The number of aryl methyl sites for hydroxylation is 3. The van der Waals surface area contributed by atoms with Gasteiger partial charge in [-0.15, -0.1) is 11.8 Å². The average molecular weight is 473 g/mol. The molecule has 4 heterocycles. The number of nitriles is 1. The molecule has 2 aliphatic heterocycles. The highest BCUT2D eigenvalue weighted by molar-refractivity contribution is 7.99. The Hall–Kier alpha value is -3.15. The molecule has 7 nitrogen and oxygen atoms in total. The number of rotatable bonds is 6. The van der Waals surface area contributed by atoms with Crippen molar-refractivity contribution in [1.29, 1.82) is 5.26 Å². The van der Waals surface area contributed by atoms with Crippen LogP contribution in [0.4, 0.5) is 5.95 Å². The highest BCUT2D eigenvalue weighted by atomic mass is 32.2. The van der Waals surface area contributed by atoms with E-state index >= 15 is 0 Å². The standard InChI is InChI=1S/C26H28N6OS/c1-17-13-20(15-27)14-18(2)23(17)33-25-24-22(7-12-34-24)30-26(31-25)29-21-5-10-32(11-6-21)16-19-3-8-28-9-4-19/h3-4,8-9,13-14,21H,5-7,10-12,16H2,1-2H3,(H,29,30,31). The predicted octanol–water partition coefficient (Wildman–Crippen LogP) is 4.88. The molecule has 1 fully saturated rings. The van der Waals surface area contributed by atoms with Crippen molar-refractivity contribution in [2.45, 2.75) is 50.6 Å². The topological polar surface area (TPSA) is 87.0 Å². The summed E-state index contributed by atoms with van der Waals surface area (Å²) in [6, 6.07) is 10.4. The Morgan fingerprint density at radius 3 is 2.59 bits per heavy atom. The van der Waals surface area contributed by atoms with Gasteiger partial charge in [0.25, 0.3) is 0 Å². The van der Waals surface area contributed by atoms with Crippen LogP contribution >= 0.6 is 11.8 Å². The van der Waals surface area contributed by atoms with Crippen LogP contribution in [0.3, 0.4) is 0 Å². The first kappa shape index (κ1) is 22.6. The van der Waals surface area contributed by atoms with E-state index in [1.54, 1.807) is 11.8 Å². The number of likely N-dealkylation sites (tertiary alicyclic amines) is 1. The summed E-state index contributed by atoms with van der Waals surface area (Å²) in [6.07, 6.45) is 6.72. The van der Waals surface area contributed by atoms with Gasteiger partial charge in [0.05, 0.1) is 22.2 Å². The SMILES string of the molecule is Cc1cc(C#N)cc(C)c1Oc1nc(NC2CCN(Cc3ccncc3)CC2)nc2c1SCC2. The fraction of sp³-hybridized carbons (Fsp3) is 0.385. The molecule has 0 atom stereocenters. The molecule has 1 N–H and O–H groups in total. The average Bonchev–Trinajstić information content (AvgIpc) is 3.32. The summed E-state index contributed by atoms with van der Waals surface area (Å²) in [5, 5.41) is 12.8. The lowest BCUT2D eigenvalue weighted by atomic mass is 10.0. The van der Waals surface area contributed by atoms with Gasteiger partial charge in [0.15, 0.2) is 0 Å². The number of nitrogens with zero attached hydrogens (tertiary/aromatic N) is 5. The summed E-state index contributed by atoms with van der Waals surface area (Å²) >= 11 is 1.75. The van der Waals surface area contributed by atoms with Gasteiger partial charge in [0.2, 0.25) is 11.8 Å². The zero-order valence-electron chi connectivity index (χ0n) is 19.5. The van der Waals surface area contributed by atoms with E-state index in [0.29, 0.717) is 23.4 Å². The molecule has 0 saturated carbocycles. The first-order valence-electron chi connectivity index (χ1n) is 11.7. The monoisotopic (exact) mass is 472 g/mol. The van der Waals surface area contributed by atoms with Gasteiger partial charge in [-0.3, -0.25) is 9.88 Å². The second-order valence-electron chi connectivity index (χ2n) is 8.93. The van der Waals surface area contributed by atoms with Gasteiger partial charge in [-0.25, -0.2) is 4.98 Å². The molecule has 2 aromatic heterocycles. The largest absolute Gasteiger partial charge is 0.437 e. The van der Waals surface area contributed by atoms with Crippen LogP contribution < -0.4 is 10.1 Å². The van der Waals surface area contributed by atoms with Crippen molar-refractivity contribution in [2.75, 3.05) is 24.2 Å². The first-order valence-corrected chi connectivity index (χ1v) is 12.7. The van der Waals surface area contributed by atoms with Gasteiger partial charge < -0.3 is 10.1 Å². The third-order valence-electron chi connectivity index (χ3n) is 6.35. The van der Waals surface area contributed by atoms with E-state index in [4.69, 9.17) is 14.7 Å². The Kier molecular flexibility index (Phi) is 6.66. The third-order valence-corrected chi connectivity index (χ3v) is 7.46. The van der Waals surface area contributed by atoms with Crippen LogP contribution in [0, 0.1) is 25.2 Å². The van der Waals surface area contributed by atoms with E-state index in [-0.39, 0.29) is 0 Å². The smallest absolute Gasteiger partial charge is 0.238 e. The maximum Gasteiger partial charge on any atom is 0.238 e. The number of benzene rings is 1. The second kappa shape index (κ2) is 10.00. The van der Waals surface area contributed by atoms with E-state index in [1.165, 1.54) is 5.56 Å². The van der Waals surface area contributed by atoms with Crippen molar-refractivity contribution >= 4 is 17.7 Å². The zero-order valence-corrected chi connectivity index (χ0v) is 20.4. The van der Waals surface area contributed by atoms with Crippen molar-refractivity contribution in [3.05, 3.63) is 64.6 Å². The summed E-state index contributed by atoms with van der Waals surface area (Å²) < 4.78 is 6.36. The van der Waals surface area contributed by atoms with Gasteiger partial charge in [-0.05, 0) is 67.6 Å². The van der Waals surface area contributed by atoms with E-state index in [1.807, 2.05) is 38.4 Å². The molecule has 1 aromatic carbocycles. The number of hydrogen-bond acceptors (Lipinski definition) is 8. The Balaban J connectivity index is 1.29. The third kappa shape index (κ3) is 5.01. The van der Waals surface area contributed by atoms with Gasteiger partial charge in [0, 0.05) is 50.2 Å². The number of ether oxygens (including phenoxy) is 1. The number of piperidine rings is 1. The number of pyridine rings is 1. The van der Waals surface area contributed by atoms with Crippen LogP contribution in [-0.4, -0.2) is 44.7 Å². The fourth-order valence-corrected chi connectivity index (χ4v) is 5.63. The normalized spacial score (nSPS) is 16.1. The number of fused-ring (bicyclic) bond motifs is 1. The molecule has 0 radical (unpaired) electrons. The van der Waals surface area contributed by atoms with Crippen LogP contribution in [0.1, 0.15) is 40.8 Å². The number of anilines is 1. The first-order chi connectivity index (χ1) is 16.6. The van der Waals surface area contributed by atoms with Crippen LogP contribution in [0.15, 0.2) is 41.6 Å². The summed E-state index contributed by atoms with van der Waals surface area (Å²) in [6.45, 7) is 6.97. The Morgan fingerprint density at radius 1 is 1.15 bits per heavy atom. The quantitative estimate of drug-likeness (QED) is 0.543. The summed E-state index contributed by atoms with van der Waals surface area (Å²) in [4.78, 5) is 17.2. The van der Waals surface area contributed by atoms with Crippen molar-refractivity contribution in [2.24, 2.45) is 0 Å². The molecular weight excluding hydrogens is 444 g/mol. The highest BCUT2D eigenvalue weighted by Gasteiger charge is 2.25. The van der Waals surface area contributed by atoms with Crippen molar-refractivity contribution in [3.8, 4) is 17.7 Å². The summed E-state index contributed by atoms with van der Waals surface area (Å²) in [5.74, 6) is 3.01. The molecule has 0 unspecified atom stereocenters. The molecule has 2 aliphatic rings. The number of hydrogen-bond donors (Lipinski definition) is 1. The lowest BCUT2D eigenvalue weighted by molar-refractivity contribution is 0.211. The van der Waals surface area contributed by atoms with E-state index in [0.717, 1.165) is 72.1 Å². The van der Waals surface area contributed by atoms with Crippen LogP contribution in [0.2, 0.25) is 0 Å². The van der Waals surface area contributed by atoms with E-state index in [2.05, 4.69) is 33.4 Å². The minimum atomic E-state index is 0.340. The molecule has 0 aliphatic carbocycles. The Morgan fingerprint density at radius 2 is 1.88 bits per heavy atom. The number of aromatic nitrogens is 3. The van der Waals surface area contributed by atoms with Crippen LogP contribution in [0.5, 0.6) is 11.6 Å².